The summed E-state index contributed by atoms with van der Waals surface area (Å²) in [6.07, 6.45) is 0.780. The highest BCUT2D eigenvalue weighted by molar-refractivity contribution is 6.30. The fourth-order valence-corrected chi connectivity index (χ4v) is 2.73. The van der Waals surface area contributed by atoms with Gasteiger partial charge in [-0.1, -0.05) is 17.7 Å². The van der Waals surface area contributed by atoms with Gasteiger partial charge in [0.2, 0.25) is 6.41 Å². The molecular weight excluding hydrogens is 356 g/mol. The van der Waals surface area contributed by atoms with Crippen molar-refractivity contribution in [2.24, 2.45) is 0 Å². The number of nitrogens with zero attached hydrogens (tertiary/aromatic N) is 3. The molecule has 0 spiro atoms. The van der Waals surface area contributed by atoms with Crippen LogP contribution in [-0.2, 0) is 4.79 Å². The molecule has 0 aliphatic carbocycles. The average molecular weight is 373 g/mol. The molecular formula is C18H17ClN4O3. The molecule has 1 N–H and O–H groups in total. The van der Waals surface area contributed by atoms with Crippen molar-refractivity contribution in [3.63, 3.8) is 0 Å². The smallest absolute Gasteiger partial charge is 0.274 e. The Morgan fingerprint density at radius 3 is 2.31 bits per heavy atom. The maximum atomic E-state index is 12.6. The van der Waals surface area contributed by atoms with E-state index in [2.05, 4.69) is 10.3 Å². The predicted octanol–water partition coefficient (Wildman–Crippen LogP) is 1.90. The number of carbonyl (C=O) groups excluding carboxylic acids is 3. The normalized spacial score (nSPS) is 14.0. The van der Waals surface area contributed by atoms with Crippen LogP contribution < -0.4 is 5.32 Å². The minimum atomic E-state index is -0.409. The molecule has 1 aliphatic rings. The lowest BCUT2D eigenvalue weighted by molar-refractivity contribution is -0.119. The van der Waals surface area contributed by atoms with Gasteiger partial charge < -0.3 is 15.1 Å². The van der Waals surface area contributed by atoms with Crippen molar-refractivity contribution in [3.05, 3.63) is 58.9 Å². The third kappa shape index (κ3) is 4.18. The van der Waals surface area contributed by atoms with Gasteiger partial charge in [0.15, 0.2) is 0 Å². The van der Waals surface area contributed by atoms with Crippen molar-refractivity contribution in [1.82, 2.24) is 14.8 Å². The molecule has 134 valence electrons. The number of halogens is 1. The van der Waals surface area contributed by atoms with Crippen LogP contribution in [0, 0.1) is 0 Å². The monoisotopic (exact) mass is 372 g/mol. The van der Waals surface area contributed by atoms with E-state index in [1.807, 2.05) is 0 Å². The second-order valence-corrected chi connectivity index (χ2v) is 6.24. The van der Waals surface area contributed by atoms with E-state index in [-0.39, 0.29) is 17.3 Å². The van der Waals surface area contributed by atoms with Crippen LogP contribution in [0.4, 0.5) is 5.69 Å². The number of nitrogens with one attached hydrogen (secondary N) is 1. The molecule has 0 atom stereocenters. The number of rotatable bonds is 4. The van der Waals surface area contributed by atoms with E-state index in [0.717, 1.165) is 6.41 Å². The third-order valence-corrected chi connectivity index (χ3v) is 4.31. The molecule has 26 heavy (non-hydrogen) atoms. The molecule has 0 unspecified atom stereocenters. The first kappa shape index (κ1) is 17.9. The summed E-state index contributed by atoms with van der Waals surface area (Å²) in [6, 6.07) is 11.5. The number of piperazine rings is 1. The molecule has 2 heterocycles. The lowest BCUT2D eigenvalue weighted by atomic mass is 10.2. The molecule has 3 amide bonds. The second kappa shape index (κ2) is 7.97. The Morgan fingerprint density at radius 1 is 1.00 bits per heavy atom. The molecule has 2 aromatic rings. The fraction of sp³-hybridized carbons (Fsp3) is 0.222. The molecule has 1 aliphatic heterocycles. The number of carbonyl (C=O) groups is 3. The topological polar surface area (TPSA) is 82.6 Å². The lowest BCUT2D eigenvalue weighted by Gasteiger charge is -2.32. The molecule has 0 bridgehead atoms. The van der Waals surface area contributed by atoms with Crippen molar-refractivity contribution >= 4 is 35.5 Å². The van der Waals surface area contributed by atoms with E-state index >= 15 is 0 Å². The minimum Gasteiger partial charge on any atom is -0.342 e. The van der Waals surface area contributed by atoms with Gasteiger partial charge in [0.05, 0.1) is 0 Å². The van der Waals surface area contributed by atoms with Gasteiger partial charge in [0.25, 0.3) is 11.8 Å². The van der Waals surface area contributed by atoms with Gasteiger partial charge in [-0.2, -0.15) is 0 Å². The summed E-state index contributed by atoms with van der Waals surface area (Å²) in [6.45, 7) is 1.87. The molecule has 0 saturated carbocycles. The van der Waals surface area contributed by atoms with Gasteiger partial charge in [0.1, 0.15) is 11.4 Å². The molecule has 1 aromatic carbocycles. The summed E-state index contributed by atoms with van der Waals surface area (Å²) >= 11 is 5.82. The van der Waals surface area contributed by atoms with Crippen LogP contribution in [0.15, 0.2) is 42.5 Å². The van der Waals surface area contributed by atoms with Crippen LogP contribution in [0.2, 0.25) is 5.02 Å². The largest absolute Gasteiger partial charge is 0.342 e. The zero-order valence-corrected chi connectivity index (χ0v) is 14.6. The average Bonchev–Trinajstić information content (AvgIpc) is 2.69. The second-order valence-electron chi connectivity index (χ2n) is 5.80. The first-order valence-corrected chi connectivity index (χ1v) is 8.47. The number of hydrogen-bond donors (Lipinski definition) is 1. The first-order valence-electron chi connectivity index (χ1n) is 8.09. The van der Waals surface area contributed by atoms with Crippen molar-refractivity contribution in [2.45, 2.75) is 0 Å². The quantitative estimate of drug-likeness (QED) is 0.831. The Hall–Kier alpha value is -2.93. The third-order valence-electron chi connectivity index (χ3n) is 4.05. The van der Waals surface area contributed by atoms with Crippen LogP contribution in [0.3, 0.4) is 0 Å². The van der Waals surface area contributed by atoms with Crippen molar-refractivity contribution in [2.75, 3.05) is 31.5 Å². The first-order chi connectivity index (χ1) is 12.6. The standard InChI is InChI=1S/C18H17ClN4O3/c19-13-4-6-14(7-5-13)20-17(25)15-2-1-3-16(21-15)18(26)23-10-8-22(12-24)9-11-23/h1-7,12H,8-11H2,(H,20,25). The minimum absolute atomic E-state index is 0.150. The van der Waals surface area contributed by atoms with Gasteiger partial charge in [-0.15, -0.1) is 0 Å². The van der Waals surface area contributed by atoms with Crippen molar-refractivity contribution < 1.29 is 14.4 Å². The maximum absolute atomic E-state index is 12.6. The van der Waals surface area contributed by atoms with Crippen LogP contribution in [-0.4, -0.2) is 59.2 Å². The van der Waals surface area contributed by atoms with Gasteiger partial charge in [-0.05, 0) is 36.4 Å². The van der Waals surface area contributed by atoms with Crippen LogP contribution >= 0.6 is 11.6 Å². The van der Waals surface area contributed by atoms with Crippen LogP contribution in [0.1, 0.15) is 21.0 Å². The highest BCUT2D eigenvalue weighted by atomic mass is 35.5. The lowest BCUT2D eigenvalue weighted by Crippen LogP contribution is -2.48. The Labute approximate surface area is 155 Å². The van der Waals surface area contributed by atoms with E-state index in [1.54, 1.807) is 52.3 Å². The van der Waals surface area contributed by atoms with E-state index in [0.29, 0.717) is 36.9 Å². The summed E-state index contributed by atoms with van der Waals surface area (Å²) in [5.41, 5.74) is 0.938. The Morgan fingerprint density at radius 2 is 1.65 bits per heavy atom. The summed E-state index contributed by atoms with van der Waals surface area (Å²) in [5, 5.41) is 3.29. The van der Waals surface area contributed by atoms with Gasteiger partial charge in [-0.3, -0.25) is 14.4 Å². The van der Waals surface area contributed by atoms with Crippen molar-refractivity contribution in [3.8, 4) is 0 Å². The van der Waals surface area contributed by atoms with E-state index in [1.165, 1.54) is 0 Å². The van der Waals surface area contributed by atoms with Crippen LogP contribution in [0.5, 0.6) is 0 Å². The number of benzene rings is 1. The highest BCUT2D eigenvalue weighted by Crippen LogP contribution is 2.14. The zero-order chi connectivity index (χ0) is 18.5. The van der Waals surface area contributed by atoms with Gasteiger partial charge in [0, 0.05) is 36.9 Å². The van der Waals surface area contributed by atoms with E-state index < -0.39 is 5.91 Å². The summed E-state index contributed by atoms with van der Waals surface area (Å²) in [4.78, 5) is 43.1. The molecule has 0 radical (unpaired) electrons. The van der Waals surface area contributed by atoms with Crippen molar-refractivity contribution in [1.29, 1.82) is 0 Å². The molecule has 1 saturated heterocycles. The Kier molecular flexibility index (Phi) is 5.48. The molecule has 7 nitrogen and oxygen atoms in total. The van der Waals surface area contributed by atoms with Gasteiger partial charge in [-0.25, -0.2) is 4.98 Å². The summed E-state index contributed by atoms with van der Waals surface area (Å²) in [5.74, 6) is -0.663. The molecule has 8 heteroatoms. The van der Waals surface area contributed by atoms with E-state index in [9.17, 15) is 14.4 Å². The maximum Gasteiger partial charge on any atom is 0.274 e. The number of anilines is 1. The summed E-state index contributed by atoms with van der Waals surface area (Å²) in [7, 11) is 0. The number of hydrogen-bond acceptors (Lipinski definition) is 4. The van der Waals surface area contributed by atoms with E-state index in [4.69, 9.17) is 11.6 Å². The van der Waals surface area contributed by atoms with Crippen LogP contribution in [0.25, 0.3) is 0 Å². The molecule has 1 aromatic heterocycles. The number of amides is 3. The zero-order valence-electron chi connectivity index (χ0n) is 13.9. The highest BCUT2D eigenvalue weighted by Gasteiger charge is 2.23. The Bertz CT molecular complexity index is 817. The molecule has 1 fully saturated rings. The molecule has 3 rings (SSSR count). The number of pyridine rings is 1. The summed E-state index contributed by atoms with van der Waals surface area (Å²) < 4.78 is 0. The van der Waals surface area contributed by atoms with Gasteiger partial charge >= 0.3 is 0 Å². The fourth-order valence-electron chi connectivity index (χ4n) is 2.60. The SMILES string of the molecule is O=CN1CCN(C(=O)c2cccc(C(=O)Nc3ccc(Cl)cc3)n2)CC1. The predicted molar refractivity (Wildman–Crippen MR) is 97.2 cm³/mol. The number of aromatic nitrogens is 1. The Balaban J connectivity index is 1.69.